The first-order valence-corrected chi connectivity index (χ1v) is 11.1. The number of anilines is 1. The predicted octanol–water partition coefficient (Wildman–Crippen LogP) is 3.03. The second-order valence-corrected chi connectivity index (χ2v) is 8.92. The lowest BCUT2D eigenvalue weighted by Crippen LogP contribution is -2.40. The fourth-order valence-electron chi connectivity index (χ4n) is 3.59. The van der Waals surface area contributed by atoms with Gasteiger partial charge in [-0.15, -0.1) is 0 Å². The molecule has 0 spiro atoms. The summed E-state index contributed by atoms with van der Waals surface area (Å²) in [4.78, 5) is 18.7. The van der Waals surface area contributed by atoms with E-state index in [-0.39, 0.29) is 28.0 Å². The van der Waals surface area contributed by atoms with Crippen LogP contribution in [-0.2, 0) is 14.8 Å². The number of carbonyl (C=O) groups excluding carboxylic acids is 1. The summed E-state index contributed by atoms with van der Waals surface area (Å²) in [5.74, 6) is 0.106. The number of ether oxygens (including phenoxy) is 1. The van der Waals surface area contributed by atoms with Gasteiger partial charge in [0, 0.05) is 30.2 Å². The van der Waals surface area contributed by atoms with Crippen molar-refractivity contribution in [2.75, 3.05) is 31.0 Å². The zero-order valence-electron chi connectivity index (χ0n) is 17.1. The summed E-state index contributed by atoms with van der Waals surface area (Å²) in [6.45, 7) is 7.22. The van der Waals surface area contributed by atoms with E-state index in [0.717, 1.165) is 5.56 Å². The Hall–Kier alpha value is -2.91. The van der Waals surface area contributed by atoms with Crippen LogP contribution in [0.2, 0.25) is 0 Å². The molecule has 0 saturated carbocycles. The van der Waals surface area contributed by atoms with Gasteiger partial charge in [0.1, 0.15) is 10.7 Å². The van der Waals surface area contributed by atoms with Crippen LogP contribution in [0.3, 0.4) is 0 Å². The molecule has 30 heavy (non-hydrogen) atoms. The van der Waals surface area contributed by atoms with Crippen molar-refractivity contribution in [1.82, 2.24) is 9.88 Å². The first kappa shape index (κ1) is 20.4. The lowest BCUT2D eigenvalue weighted by molar-refractivity contribution is 0.0283. The predicted molar refractivity (Wildman–Crippen MR) is 112 cm³/mol. The van der Waals surface area contributed by atoms with Crippen LogP contribution < -0.4 is 4.72 Å². The lowest BCUT2D eigenvalue weighted by Gasteiger charge is -2.26. The Labute approximate surface area is 174 Å². The van der Waals surface area contributed by atoms with Gasteiger partial charge < -0.3 is 14.1 Å². The summed E-state index contributed by atoms with van der Waals surface area (Å²) >= 11 is 0. The van der Waals surface area contributed by atoms with Crippen LogP contribution in [0.15, 0.2) is 39.8 Å². The number of hydrogen-bond acceptors (Lipinski definition) is 6. The van der Waals surface area contributed by atoms with Gasteiger partial charge in [0.25, 0.3) is 15.9 Å². The van der Waals surface area contributed by atoms with Crippen LogP contribution in [0.4, 0.5) is 5.82 Å². The van der Waals surface area contributed by atoms with Crippen LogP contribution in [-0.4, -0.2) is 50.5 Å². The van der Waals surface area contributed by atoms with Crippen molar-refractivity contribution in [2.45, 2.75) is 25.7 Å². The molecular formula is C21H23N3O5S. The van der Waals surface area contributed by atoms with E-state index in [2.05, 4.69) is 9.71 Å². The second kappa shape index (κ2) is 7.73. The number of aromatic nitrogens is 1. The van der Waals surface area contributed by atoms with Gasteiger partial charge in [0.2, 0.25) is 0 Å². The summed E-state index contributed by atoms with van der Waals surface area (Å²) in [6, 6.07) is 6.83. The van der Waals surface area contributed by atoms with E-state index in [1.807, 2.05) is 13.0 Å². The molecule has 0 radical (unpaired) electrons. The van der Waals surface area contributed by atoms with Crippen molar-refractivity contribution >= 4 is 32.7 Å². The topological polar surface area (TPSA) is 102 Å². The number of morpholine rings is 1. The largest absolute Gasteiger partial charge is 0.449 e. The maximum Gasteiger partial charge on any atom is 0.290 e. The van der Waals surface area contributed by atoms with E-state index < -0.39 is 10.0 Å². The number of benzene rings is 1. The van der Waals surface area contributed by atoms with Crippen molar-refractivity contribution in [3.63, 3.8) is 0 Å². The molecule has 0 unspecified atom stereocenters. The molecule has 0 atom stereocenters. The molecule has 4 rings (SSSR count). The highest BCUT2D eigenvalue weighted by Gasteiger charge is 2.30. The average Bonchev–Trinajstić information content (AvgIpc) is 3.05. The number of aryl methyl sites for hydroxylation is 2. The first-order chi connectivity index (χ1) is 14.3. The first-order valence-electron chi connectivity index (χ1n) is 9.64. The van der Waals surface area contributed by atoms with E-state index >= 15 is 0 Å². The molecule has 1 amide bonds. The highest BCUT2D eigenvalue weighted by atomic mass is 32.2. The Morgan fingerprint density at radius 2 is 1.87 bits per heavy atom. The highest BCUT2D eigenvalue weighted by Crippen LogP contribution is 2.36. The number of amides is 1. The normalized spacial score (nSPS) is 14.8. The number of hydrogen-bond donors (Lipinski definition) is 1. The van der Waals surface area contributed by atoms with Gasteiger partial charge in [-0.05, 0) is 50.1 Å². The number of pyridine rings is 1. The molecule has 3 heterocycles. The molecule has 1 fully saturated rings. The van der Waals surface area contributed by atoms with E-state index in [9.17, 15) is 13.2 Å². The van der Waals surface area contributed by atoms with Crippen molar-refractivity contribution in [3.8, 4) is 0 Å². The van der Waals surface area contributed by atoms with E-state index in [1.165, 1.54) is 6.20 Å². The Morgan fingerprint density at radius 3 is 2.53 bits per heavy atom. The summed E-state index contributed by atoms with van der Waals surface area (Å²) in [7, 11) is -4.00. The molecule has 1 aliphatic heterocycles. The van der Waals surface area contributed by atoms with Crippen LogP contribution in [0.1, 0.15) is 27.2 Å². The van der Waals surface area contributed by atoms with Gasteiger partial charge in [-0.1, -0.05) is 6.07 Å². The monoisotopic (exact) mass is 429 g/mol. The number of sulfonamides is 1. The highest BCUT2D eigenvalue weighted by molar-refractivity contribution is 7.93. The summed E-state index contributed by atoms with van der Waals surface area (Å²) in [5, 5.41) is 0.608. The fourth-order valence-corrected chi connectivity index (χ4v) is 5.05. The Kier molecular flexibility index (Phi) is 5.25. The van der Waals surface area contributed by atoms with E-state index in [0.29, 0.717) is 42.8 Å². The maximum atomic E-state index is 13.3. The molecular weight excluding hydrogens is 406 g/mol. The van der Waals surface area contributed by atoms with Crippen molar-refractivity contribution < 1.29 is 22.4 Å². The minimum atomic E-state index is -4.00. The molecule has 1 aliphatic rings. The van der Waals surface area contributed by atoms with Gasteiger partial charge in [-0.25, -0.2) is 13.4 Å². The molecule has 8 nitrogen and oxygen atoms in total. The number of furan rings is 1. The molecule has 0 aliphatic carbocycles. The minimum Gasteiger partial charge on any atom is -0.449 e. The summed E-state index contributed by atoms with van der Waals surface area (Å²) < 4.78 is 40.3. The quantitative estimate of drug-likeness (QED) is 0.684. The van der Waals surface area contributed by atoms with Crippen molar-refractivity contribution in [3.05, 3.63) is 52.9 Å². The molecule has 0 bridgehead atoms. The molecule has 1 N–H and O–H groups in total. The number of nitrogens with zero attached hydrogens (tertiary/aromatic N) is 2. The SMILES string of the molecule is Cc1cc2c(C)c(C(=O)N3CCOCC3)oc2c(S(=O)(=O)Nc2ccccn2)c1C. The second-order valence-electron chi connectivity index (χ2n) is 7.31. The van der Waals surface area contributed by atoms with Crippen molar-refractivity contribution in [1.29, 1.82) is 0 Å². The lowest BCUT2D eigenvalue weighted by atomic mass is 10.0. The summed E-state index contributed by atoms with van der Waals surface area (Å²) in [6.07, 6.45) is 1.51. The van der Waals surface area contributed by atoms with E-state index in [4.69, 9.17) is 9.15 Å². The van der Waals surface area contributed by atoms with Gasteiger partial charge in [-0.3, -0.25) is 9.52 Å². The molecule has 1 aromatic carbocycles. The van der Waals surface area contributed by atoms with Gasteiger partial charge >= 0.3 is 0 Å². The average molecular weight is 429 g/mol. The third-order valence-corrected chi connectivity index (χ3v) is 6.86. The zero-order chi connectivity index (χ0) is 21.5. The molecule has 9 heteroatoms. The number of nitrogens with one attached hydrogen (secondary N) is 1. The molecule has 158 valence electrons. The number of rotatable bonds is 4. The smallest absolute Gasteiger partial charge is 0.290 e. The van der Waals surface area contributed by atoms with Crippen LogP contribution in [0.5, 0.6) is 0 Å². The Bertz CT molecular complexity index is 1210. The fraction of sp³-hybridized carbons (Fsp3) is 0.333. The van der Waals surface area contributed by atoms with Crippen LogP contribution in [0, 0.1) is 20.8 Å². The molecule has 1 saturated heterocycles. The van der Waals surface area contributed by atoms with Gasteiger partial charge in [0.05, 0.1) is 13.2 Å². The molecule has 3 aromatic rings. The van der Waals surface area contributed by atoms with Crippen molar-refractivity contribution in [2.24, 2.45) is 0 Å². The van der Waals surface area contributed by atoms with E-state index in [1.54, 1.807) is 36.9 Å². The Morgan fingerprint density at radius 1 is 1.13 bits per heavy atom. The number of carbonyl (C=O) groups is 1. The maximum absolute atomic E-state index is 13.3. The Balaban J connectivity index is 1.85. The summed E-state index contributed by atoms with van der Waals surface area (Å²) in [5.41, 5.74) is 2.15. The third-order valence-electron chi connectivity index (χ3n) is 5.36. The van der Waals surface area contributed by atoms with Gasteiger partial charge in [-0.2, -0.15) is 0 Å². The van der Waals surface area contributed by atoms with Gasteiger partial charge in [0.15, 0.2) is 11.3 Å². The standard InChI is InChI=1S/C21H23N3O5S/c1-13-12-16-15(3)18(21(25)24-8-10-28-11-9-24)29-19(16)20(14(13)2)30(26,27)23-17-6-4-5-7-22-17/h4-7,12H,8-11H2,1-3H3,(H,22,23). The molecule has 2 aromatic heterocycles. The minimum absolute atomic E-state index is 0.0206. The number of fused-ring (bicyclic) bond motifs is 1. The van der Waals surface area contributed by atoms with Crippen LogP contribution >= 0.6 is 0 Å². The zero-order valence-corrected chi connectivity index (χ0v) is 17.9. The van der Waals surface area contributed by atoms with Crippen LogP contribution in [0.25, 0.3) is 11.0 Å². The third kappa shape index (κ3) is 3.54.